The van der Waals surface area contributed by atoms with Gasteiger partial charge in [-0.2, -0.15) is 0 Å². The van der Waals surface area contributed by atoms with Crippen LogP contribution in [0.3, 0.4) is 0 Å². The first-order valence-corrected chi connectivity index (χ1v) is 7.86. The van der Waals surface area contributed by atoms with Crippen molar-refractivity contribution < 1.29 is 13.2 Å². The van der Waals surface area contributed by atoms with Gasteiger partial charge in [-0.25, -0.2) is 24.2 Å². The van der Waals surface area contributed by atoms with Crippen LogP contribution in [0.1, 0.15) is 19.7 Å². The fraction of sp³-hybridized carbons (Fsp3) is 0.636. The summed E-state index contributed by atoms with van der Waals surface area (Å²) in [6.45, 7) is 3.75. The fourth-order valence-corrected chi connectivity index (χ4v) is 1.62. The van der Waals surface area contributed by atoms with Crippen molar-refractivity contribution >= 4 is 21.5 Å². The van der Waals surface area contributed by atoms with Crippen LogP contribution in [-0.2, 0) is 21.2 Å². The predicted octanol–water partition coefficient (Wildman–Crippen LogP) is 0.144. The number of nitrogen functional groups attached to an aromatic ring is 1. The van der Waals surface area contributed by atoms with Crippen molar-refractivity contribution in [2.75, 3.05) is 30.7 Å². The predicted molar refractivity (Wildman–Crippen MR) is 78.0 cm³/mol. The van der Waals surface area contributed by atoms with Crippen LogP contribution in [0.4, 0.5) is 11.6 Å². The summed E-state index contributed by atoms with van der Waals surface area (Å²) in [7, 11) is -1.65. The normalized spacial score (nSPS) is 12.2. The summed E-state index contributed by atoms with van der Waals surface area (Å²) in [5, 5.41) is 2.98. The molecule has 0 fully saturated rings. The van der Waals surface area contributed by atoms with Crippen LogP contribution in [0.5, 0.6) is 0 Å². The molecule has 1 heterocycles. The van der Waals surface area contributed by atoms with Crippen molar-refractivity contribution in [1.82, 2.24) is 9.97 Å². The van der Waals surface area contributed by atoms with Crippen molar-refractivity contribution in [2.24, 2.45) is 5.84 Å². The molecule has 0 aliphatic rings. The number of hydrazine groups is 1. The zero-order valence-corrected chi connectivity index (χ0v) is 12.9. The first-order chi connectivity index (χ1) is 9.19. The number of nitrogens with one attached hydrogen (secondary N) is 2. The second-order valence-corrected chi connectivity index (χ2v) is 7.67. The molecule has 0 aliphatic carbocycles. The number of sulfone groups is 1. The van der Waals surface area contributed by atoms with Crippen LogP contribution < -0.4 is 16.6 Å². The third-order valence-corrected chi connectivity index (χ3v) is 5.04. The van der Waals surface area contributed by atoms with Crippen LogP contribution in [-0.4, -0.2) is 43.0 Å². The summed E-state index contributed by atoms with van der Waals surface area (Å²) in [5.41, 5.74) is 2.43. The summed E-state index contributed by atoms with van der Waals surface area (Å²) in [4.78, 5) is 8.32. The molecular formula is C11H21N5O3S. The highest BCUT2D eigenvalue weighted by molar-refractivity contribution is 7.92. The first-order valence-electron chi connectivity index (χ1n) is 5.96. The first kappa shape index (κ1) is 16.6. The van der Waals surface area contributed by atoms with Crippen molar-refractivity contribution in [1.29, 1.82) is 0 Å². The molecule has 114 valence electrons. The molecule has 0 amide bonds. The van der Waals surface area contributed by atoms with E-state index in [4.69, 9.17) is 10.6 Å². The Balaban J connectivity index is 2.90. The number of aromatic nitrogens is 2. The molecule has 0 saturated carbocycles. The van der Waals surface area contributed by atoms with E-state index in [-0.39, 0.29) is 13.2 Å². The molecule has 0 saturated heterocycles. The van der Waals surface area contributed by atoms with Gasteiger partial charge in [0.25, 0.3) is 0 Å². The maximum atomic E-state index is 11.6. The monoisotopic (exact) mass is 303 g/mol. The van der Waals surface area contributed by atoms with Crippen LogP contribution in [0, 0.1) is 0 Å². The second kappa shape index (κ2) is 6.33. The molecule has 0 aliphatic heterocycles. The highest BCUT2D eigenvalue weighted by atomic mass is 32.2. The van der Waals surface area contributed by atoms with Crippen molar-refractivity contribution in [3.05, 3.63) is 11.9 Å². The van der Waals surface area contributed by atoms with Gasteiger partial charge in [-0.05, 0) is 13.8 Å². The number of hydrogen-bond acceptors (Lipinski definition) is 8. The topological polar surface area (TPSA) is 119 Å². The van der Waals surface area contributed by atoms with E-state index in [9.17, 15) is 8.42 Å². The SMILES string of the molecule is COCc1nc(NN)cc(NCC(C)(C)S(C)(=O)=O)n1. The molecule has 1 aromatic rings. The summed E-state index contributed by atoms with van der Waals surface area (Å²) >= 11 is 0. The third kappa shape index (κ3) is 4.29. The Morgan fingerprint density at radius 3 is 2.45 bits per heavy atom. The van der Waals surface area contributed by atoms with E-state index in [0.717, 1.165) is 0 Å². The number of ether oxygens (including phenoxy) is 1. The fourth-order valence-electron chi connectivity index (χ4n) is 1.29. The molecule has 0 atom stereocenters. The van der Waals surface area contributed by atoms with Crippen LogP contribution >= 0.6 is 0 Å². The molecule has 1 aromatic heterocycles. The van der Waals surface area contributed by atoms with E-state index >= 15 is 0 Å². The maximum absolute atomic E-state index is 11.6. The minimum absolute atomic E-state index is 0.222. The van der Waals surface area contributed by atoms with Crippen LogP contribution in [0.25, 0.3) is 0 Å². The Morgan fingerprint density at radius 1 is 1.35 bits per heavy atom. The number of hydrogen-bond donors (Lipinski definition) is 3. The van der Waals surface area contributed by atoms with Crippen LogP contribution in [0.15, 0.2) is 6.07 Å². The average molecular weight is 303 g/mol. The van der Waals surface area contributed by atoms with Gasteiger partial charge in [0.1, 0.15) is 18.2 Å². The summed E-state index contributed by atoms with van der Waals surface area (Å²) in [5.74, 6) is 6.68. The molecule has 4 N–H and O–H groups in total. The highest BCUT2D eigenvalue weighted by Gasteiger charge is 2.30. The van der Waals surface area contributed by atoms with E-state index in [1.54, 1.807) is 19.9 Å². The Kier molecular flexibility index (Phi) is 5.26. The summed E-state index contributed by atoms with van der Waals surface area (Å²) in [6.07, 6.45) is 1.21. The Morgan fingerprint density at radius 2 is 1.95 bits per heavy atom. The summed E-state index contributed by atoms with van der Waals surface area (Å²) < 4.78 is 27.3. The van der Waals surface area contributed by atoms with E-state index in [0.29, 0.717) is 17.5 Å². The Bertz CT molecular complexity index is 559. The molecule has 0 radical (unpaired) electrons. The molecule has 0 aromatic carbocycles. The quantitative estimate of drug-likeness (QED) is 0.481. The van der Waals surface area contributed by atoms with Gasteiger partial charge in [-0.3, -0.25) is 0 Å². The molecule has 8 nitrogen and oxygen atoms in total. The van der Waals surface area contributed by atoms with Gasteiger partial charge in [0.2, 0.25) is 0 Å². The third-order valence-electron chi connectivity index (χ3n) is 2.89. The largest absolute Gasteiger partial charge is 0.377 e. The molecule has 0 bridgehead atoms. The molecule has 1 rings (SSSR count). The number of methoxy groups -OCH3 is 1. The highest BCUT2D eigenvalue weighted by Crippen LogP contribution is 2.17. The number of nitrogens with zero attached hydrogens (tertiary/aromatic N) is 2. The molecule has 20 heavy (non-hydrogen) atoms. The van der Waals surface area contributed by atoms with Crippen molar-refractivity contribution in [2.45, 2.75) is 25.2 Å². The Hall–Kier alpha value is -1.45. The maximum Gasteiger partial charge on any atom is 0.158 e. The lowest BCUT2D eigenvalue weighted by atomic mass is 10.2. The smallest absolute Gasteiger partial charge is 0.158 e. The zero-order chi connectivity index (χ0) is 15.4. The molecule has 0 unspecified atom stereocenters. The molecular weight excluding hydrogens is 282 g/mol. The zero-order valence-electron chi connectivity index (χ0n) is 12.1. The Labute approximate surface area is 119 Å². The molecule has 9 heteroatoms. The lowest BCUT2D eigenvalue weighted by Crippen LogP contribution is -2.38. The summed E-state index contributed by atoms with van der Waals surface area (Å²) in [6, 6.07) is 1.59. The number of rotatable bonds is 7. The van der Waals surface area contributed by atoms with Gasteiger partial charge < -0.3 is 15.5 Å². The standard InChI is InChI=1S/C11H21N5O3S/c1-11(2,20(4,17)18)7-13-8-5-9(16-12)15-10(14-8)6-19-3/h5H,6-7,12H2,1-4H3,(H2,13,14,15,16). The number of anilines is 2. The van der Waals surface area contributed by atoms with Crippen LogP contribution in [0.2, 0.25) is 0 Å². The van der Waals surface area contributed by atoms with Gasteiger partial charge >= 0.3 is 0 Å². The van der Waals surface area contributed by atoms with E-state index in [1.807, 2.05) is 0 Å². The minimum Gasteiger partial charge on any atom is -0.377 e. The van der Waals surface area contributed by atoms with Crippen molar-refractivity contribution in [3.8, 4) is 0 Å². The van der Waals surface area contributed by atoms with E-state index in [2.05, 4.69) is 20.7 Å². The average Bonchev–Trinajstić information content (AvgIpc) is 2.35. The second-order valence-electron chi connectivity index (χ2n) is 5.02. The number of nitrogens with two attached hydrogens (primary N) is 1. The lowest BCUT2D eigenvalue weighted by Gasteiger charge is -2.23. The van der Waals surface area contributed by atoms with Gasteiger partial charge in [-0.15, -0.1) is 0 Å². The van der Waals surface area contributed by atoms with Gasteiger partial charge in [0, 0.05) is 26.0 Å². The van der Waals surface area contributed by atoms with E-state index in [1.165, 1.54) is 13.4 Å². The van der Waals surface area contributed by atoms with Crippen molar-refractivity contribution in [3.63, 3.8) is 0 Å². The van der Waals surface area contributed by atoms with E-state index < -0.39 is 14.6 Å². The van der Waals surface area contributed by atoms with Gasteiger partial charge in [0.15, 0.2) is 15.7 Å². The van der Waals surface area contributed by atoms with Gasteiger partial charge in [-0.1, -0.05) is 0 Å². The van der Waals surface area contributed by atoms with Gasteiger partial charge in [0.05, 0.1) is 4.75 Å². The lowest BCUT2D eigenvalue weighted by molar-refractivity contribution is 0.178. The minimum atomic E-state index is -3.18. The molecule has 0 spiro atoms.